The minimum atomic E-state index is -1.02. The van der Waals surface area contributed by atoms with Crippen LogP contribution in [0.2, 0.25) is 0 Å². The standard InChI is InChI=1S/C10H9N3O2/c1-7(10(14)15)6-13-9-5-3-2-4-8(9)11-12-13/h2-5H,1,6H2,(H,14,15). The molecule has 0 aliphatic carbocycles. The van der Waals surface area contributed by atoms with E-state index < -0.39 is 5.97 Å². The maximum absolute atomic E-state index is 10.6. The number of fused-ring (bicyclic) bond motifs is 1. The van der Waals surface area contributed by atoms with Gasteiger partial charge in [-0.2, -0.15) is 0 Å². The zero-order valence-electron chi connectivity index (χ0n) is 7.92. The molecule has 0 saturated carbocycles. The maximum atomic E-state index is 10.6. The molecule has 5 nitrogen and oxygen atoms in total. The second kappa shape index (κ2) is 3.53. The van der Waals surface area contributed by atoms with E-state index in [0.717, 1.165) is 11.0 Å². The topological polar surface area (TPSA) is 68.0 Å². The number of nitrogens with zero attached hydrogens (tertiary/aromatic N) is 3. The van der Waals surface area contributed by atoms with Gasteiger partial charge in [0.25, 0.3) is 0 Å². The van der Waals surface area contributed by atoms with Crippen LogP contribution in [0.1, 0.15) is 0 Å². The van der Waals surface area contributed by atoms with Gasteiger partial charge in [-0.15, -0.1) is 5.10 Å². The van der Waals surface area contributed by atoms with Crippen molar-refractivity contribution >= 4 is 17.0 Å². The molecule has 0 radical (unpaired) electrons. The fourth-order valence-corrected chi connectivity index (χ4v) is 1.28. The van der Waals surface area contributed by atoms with Gasteiger partial charge in [0.15, 0.2) is 0 Å². The molecule has 0 spiro atoms. The van der Waals surface area contributed by atoms with Crippen molar-refractivity contribution in [1.29, 1.82) is 0 Å². The second-order valence-corrected chi connectivity index (χ2v) is 3.14. The maximum Gasteiger partial charge on any atom is 0.332 e. The van der Waals surface area contributed by atoms with E-state index >= 15 is 0 Å². The summed E-state index contributed by atoms with van der Waals surface area (Å²) in [5.41, 5.74) is 1.64. The third kappa shape index (κ3) is 1.71. The summed E-state index contributed by atoms with van der Waals surface area (Å²) in [6, 6.07) is 7.37. The number of carboxylic acid groups (broad SMARTS) is 1. The highest BCUT2D eigenvalue weighted by Crippen LogP contribution is 2.10. The normalized spacial score (nSPS) is 10.4. The Balaban J connectivity index is 2.37. The first-order valence-electron chi connectivity index (χ1n) is 4.38. The second-order valence-electron chi connectivity index (χ2n) is 3.14. The van der Waals surface area contributed by atoms with E-state index in [1.807, 2.05) is 24.3 Å². The van der Waals surface area contributed by atoms with Crippen LogP contribution in [0.5, 0.6) is 0 Å². The quantitative estimate of drug-likeness (QED) is 0.757. The van der Waals surface area contributed by atoms with Gasteiger partial charge in [0.1, 0.15) is 5.52 Å². The third-order valence-electron chi connectivity index (χ3n) is 2.06. The van der Waals surface area contributed by atoms with Crippen LogP contribution < -0.4 is 0 Å². The van der Waals surface area contributed by atoms with E-state index in [4.69, 9.17) is 5.11 Å². The Hall–Kier alpha value is -2.17. The van der Waals surface area contributed by atoms with E-state index in [1.165, 1.54) is 4.68 Å². The van der Waals surface area contributed by atoms with Gasteiger partial charge in [-0.3, -0.25) is 0 Å². The average molecular weight is 203 g/mol. The number of aliphatic carboxylic acids is 1. The van der Waals surface area contributed by atoms with Gasteiger partial charge >= 0.3 is 5.97 Å². The first kappa shape index (κ1) is 9.39. The monoisotopic (exact) mass is 203 g/mol. The highest BCUT2D eigenvalue weighted by Gasteiger charge is 2.08. The van der Waals surface area contributed by atoms with Crippen LogP contribution in [0.15, 0.2) is 36.4 Å². The van der Waals surface area contributed by atoms with Gasteiger partial charge in [0.2, 0.25) is 0 Å². The van der Waals surface area contributed by atoms with E-state index in [9.17, 15) is 4.79 Å². The highest BCUT2D eigenvalue weighted by molar-refractivity contribution is 5.86. The van der Waals surface area contributed by atoms with Crippen LogP contribution in [-0.2, 0) is 11.3 Å². The van der Waals surface area contributed by atoms with Crippen molar-refractivity contribution < 1.29 is 9.90 Å². The SMILES string of the molecule is C=C(Cn1nnc2ccccc21)C(=O)O. The molecule has 0 aliphatic rings. The van der Waals surface area contributed by atoms with Crippen molar-refractivity contribution in [3.63, 3.8) is 0 Å². The Labute approximate surface area is 85.6 Å². The van der Waals surface area contributed by atoms with Crippen molar-refractivity contribution in [2.24, 2.45) is 0 Å². The number of rotatable bonds is 3. The fraction of sp³-hybridized carbons (Fsp3) is 0.100. The minimum Gasteiger partial charge on any atom is -0.478 e. The number of carbonyl (C=O) groups is 1. The molecule has 0 atom stereocenters. The summed E-state index contributed by atoms with van der Waals surface area (Å²) in [6.07, 6.45) is 0. The molecule has 0 fully saturated rings. The van der Waals surface area contributed by atoms with Gasteiger partial charge in [-0.25, -0.2) is 9.48 Å². The molecule has 1 aromatic heterocycles. The average Bonchev–Trinajstić information content (AvgIpc) is 2.62. The zero-order chi connectivity index (χ0) is 10.8. The van der Waals surface area contributed by atoms with Crippen LogP contribution in [-0.4, -0.2) is 26.1 Å². The van der Waals surface area contributed by atoms with E-state index in [1.54, 1.807) is 0 Å². The number of aromatic nitrogens is 3. The van der Waals surface area contributed by atoms with Crippen LogP contribution in [0, 0.1) is 0 Å². The summed E-state index contributed by atoms with van der Waals surface area (Å²) in [4.78, 5) is 10.6. The van der Waals surface area contributed by atoms with Crippen LogP contribution in [0.4, 0.5) is 0 Å². The molecule has 0 aliphatic heterocycles. The smallest absolute Gasteiger partial charge is 0.332 e. The molecule has 1 N–H and O–H groups in total. The summed E-state index contributed by atoms with van der Waals surface area (Å²) < 4.78 is 1.52. The first-order chi connectivity index (χ1) is 7.18. The van der Waals surface area contributed by atoms with Gasteiger partial charge in [0.05, 0.1) is 17.6 Å². The van der Waals surface area contributed by atoms with Crippen LogP contribution in [0.25, 0.3) is 11.0 Å². The summed E-state index contributed by atoms with van der Waals surface area (Å²) >= 11 is 0. The van der Waals surface area contributed by atoms with Crippen molar-refractivity contribution in [3.05, 3.63) is 36.4 Å². The summed E-state index contributed by atoms with van der Waals surface area (Å²) in [7, 11) is 0. The Kier molecular flexibility index (Phi) is 2.21. The minimum absolute atomic E-state index is 0.0886. The number of benzene rings is 1. The predicted octanol–water partition coefficient (Wildman–Crippen LogP) is 1.07. The van der Waals surface area contributed by atoms with Gasteiger partial charge in [-0.1, -0.05) is 23.9 Å². The highest BCUT2D eigenvalue weighted by atomic mass is 16.4. The van der Waals surface area contributed by atoms with Crippen LogP contribution >= 0.6 is 0 Å². The van der Waals surface area contributed by atoms with Crippen LogP contribution in [0.3, 0.4) is 0 Å². The molecule has 76 valence electrons. The van der Waals surface area contributed by atoms with Crippen molar-refractivity contribution in [1.82, 2.24) is 15.0 Å². The van der Waals surface area contributed by atoms with Gasteiger partial charge in [0, 0.05) is 0 Å². The van der Waals surface area contributed by atoms with E-state index in [0.29, 0.717) is 0 Å². The molecule has 2 rings (SSSR count). The Morgan fingerprint density at radius 1 is 1.47 bits per heavy atom. The largest absolute Gasteiger partial charge is 0.478 e. The Morgan fingerprint density at radius 3 is 2.93 bits per heavy atom. The van der Waals surface area contributed by atoms with Gasteiger partial charge < -0.3 is 5.11 Å². The third-order valence-corrected chi connectivity index (χ3v) is 2.06. The van der Waals surface area contributed by atoms with Crippen molar-refractivity contribution in [2.45, 2.75) is 6.54 Å². The number of para-hydroxylation sites is 1. The lowest BCUT2D eigenvalue weighted by Crippen LogP contribution is -2.09. The number of carboxylic acids is 1. The molecule has 0 saturated heterocycles. The summed E-state index contributed by atoms with van der Waals surface area (Å²) in [6.45, 7) is 3.60. The van der Waals surface area contributed by atoms with Gasteiger partial charge in [-0.05, 0) is 12.1 Å². The molecular formula is C10H9N3O2. The summed E-state index contributed by atoms with van der Waals surface area (Å²) in [5, 5.41) is 16.5. The lowest BCUT2D eigenvalue weighted by Gasteiger charge is -2.00. The lowest BCUT2D eigenvalue weighted by atomic mass is 10.3. The molecule has 0 unspecified atom stereocenters. The number of hydrogen-bond donors (Lipinski definition) is 1. The van der Waals surface area contributed by atoms with E-state index in [-0.39, 0.29) is 12.1 Å². The molecule has 1 aromatic carbocycles. The Bertz CT molecular complexity index is 530. The molecule has 1 heterocycles. The molecular weight excluding hydrogens is 194 g/mol. The number of hydrogen-bond acceptors (Lipinski definition) is 3. The molecule has 0 amide bonds. The lowest BCUT2D eigenvalue weighted by molar-refractivity contribution is -0.132. The molecule has 5 heteroatoms. The molecule has 0 bridgehead atoms. The summed E-state index contributed by atoms with van der Waals surface area (Å²) in [5.74, 6) is -1.02. The Morgan fingerprint density at radius 2 is 2.20 bits per heavy atom. The molecule has 2 aromatic rings. The molecule has 15 heavy (non-hydrogen) atoms. The first-order valence-corrected chi connectivity index (χ1v) is 4.38. The predicted molar refractivity (Wildman–Crippen MR) is 54.3 cm³/mol. The zero-order valence-corrected chi connectivity index (χ0v) is 7.92. The van der Waals surface area contributed by atoms with Crippen molar-refractivity contribution in [3.8, 4) is 0 Å². The fourth-order valence-electron chi connectivity index (χ4n) is 1.28. The van der Waals surface area contributed by atoms with Crippen molar-refractivity contribution in [2.75, 3.05) is 0 Å². The van der Waals surface area contributed by atoms with E-state index in [2.05, 4.69) is 16.9 Å².